The zero-order valence-corrected chi connectivity index (χ0v) is 12.5. The number of ether oxygens (including phenoxy) is 1. The molecule has 0 saturated heterocycles. The van der Waals surface area contributed by atoms with Crippen LogP contribution in [0, 0.1) is 0 Å². The predicted octanol–water partition coefficient (Wildman–Crippen LogP) is 3.06. The second-order valence-electron chi connectivity index (χ2n) is 5.76. The third kappa shape index (κ3) is 3.55. The lowest BCUT2D eigenvalue weighted by molar-refractivity contribution is 0.0678. The molecule has 3 heteroatoms. The van der Waals surface area contributed by atoms with Gasteiger partial charge in [-0.3, -0.25) is 4.90 Å². The van der Waals surface area contributed by atoms with E-state index in [4.69, 9.17) is 4.74 Å². The molecule has 0 heterocycles. The van der Waals surface area contributed by atoms with E-state index in [2.05, 4.69) is 30.0 Å². The first-order valence-electron chi connectivity index (χ1n) is 7.80. The van der Waals surface area contributed by atoms with Gasteiger partial charge in [0.2, 0.25) is 0 Å². The van der Waals surface area contributed by atoms with E-state index < -0.39 is 6.10 Å². The smallest absolute Gasteiger partial charge is 0.127 e. The van der Waals surface area contributed by atoms with Gasteiger partial charge in [0, 0.05) is 18.0 Å². The summed E-state index contributed by atoms with van der Waals surface area (Å²) >= 11 is 0. The highest BCUT2D eigenvalue weighted by atomic mass is 16.5. The second kappa shape index (κ2) is 6.46. The summed E-state index contributed by atoms with van der Waals surface area (Å²) in [5.41, 5.74) is 0. The number of benzene rings is 2. The number of nitrogens with zero attached hydrogens (tertiary/aromatic N) is 1. The third-order valence-corrected chi connectivity index (χ3v) is 4.10. The molecule has 2 aromatic carbocycles. The lowest BCUT2D eigenvalue weighted by Gasteiger charge is -2.23. The van der Waals surface area contributed by atoms with E-state index in [1.54, 1.807) is 0 Å². The minimum Gasteiger partial charge on any atom is -0.490 e. The maximum atomic E-state index is 10.2. The molecule has 0 bridgehead atoms. The summed E-state index contributed by atoms with van der Waals surface area (Å²) in [6.07, 6.45) is 2.10. The van der Waals surface area contributed by atoms with Gasteiger partial charge in [-0.15, -0.1) is 0 Å². The van der Waals surface area contributed by atoms with Crippen LogP contribution in [0.4, 0.5) is 0 Å². The summed E-state index contributed by atoms with van der Waals surface area (Å²) in [6.45, 7) is 4.19. The summed E-state index contributed by atoms with van der Waals surface area (Å²) < 4.78 is 5.85. The first kappa shape index (κ1) is 14.4. The standard InChI is InChI=1S/C18H23NO2/c1-2-19(15-10-11-15)12-16(20)13-21-18-9-5-7-14-6-3-4-8-17(14)18/h3-9,15-16,20H,2,10-13H2,1H3. The predicted molar refractivity (Wildman–Crippen MR) is 85.7 cm³/mol. The van der Waals surface area contributed by atoms with Gasteiger partial charge >= 0.3 is 0 Å². The van der Waals surface area contributed by atoms with Crippen LogP contribution in [0.3, 0.4) is 0 Å². The molecular weight excluding hydrogens is 262 g/mol. The van der Waals surface area contributed by atoms with Crippen LogP contribution in [-0.4, -0.2) is 41.8 Å². The van der Waals surface area contributed by atoms with Crippen molar-refractivity contribution in [3.63, 3.8) is 0 Å². The normalized spacial score (nSPS) is 16.3. The number of hydrogen-bond acceptors (Lipinski definition) is 3. The molecule has 0 aliphatic heterocycles. The summed E-state index contributed by atoms with van der Waals surface area (Å²) in [5, 5.41) is 12.5. The topological polar surface area (TPSA) is 32.7 Å². The summed E-state index contributed by atoms with van der Waals surface area (Å²) in [5.74, 6) is 0.849. The van der Waals surface area contributed by atoms with Crippen LogP contribution in [0.5, 0.6) is 5.75 Å². The van der Waals surface area contributed by atoms with Gasteiger partial charge in [-0.25, -0.2) is 0 Å². The van der Waals surface area contributed by atoms with E-state index in [1.807, 2.05) is 24.3 Å². The molecule has 3 rings (SSSR count). The molecule has 2 aromatic rings. The van der Waals surface area contributed by atoms with Crippen molar-refractivity contribution < 1.29 is 9.84 Å². The molecule has 21 heavy (non-hydrogen) atoms. The van der Waals surface area contributed by atoms with Gasteiger partial charge < -0.3 is 9.84 Å². The molecule has 0 radical (unpaired) electrons. The summed E-state index contributed by atoms with van der Waals surface area (Å²) in [7, 11) is 0. The van der Waals surface area contributed by atoms with Crippen molar-refractivity contribution in [1.29, 1.82) is 0 Å². The fraction of sp³-hybridized carbons (Fsp3) is 0.444. The molecule has 3 nitrogen and oxygen atoms in total. The van der Waals surface area contributed by atoms with Crippen LogP contribution in [0.2, 0.25) is 0 Å². The molecule has 0 amide bonds. The largest absolute Gasteiger partial charge is 0.490 e. The van der Waals surface area contributed by atoms with Crippen molar-refractivity contribution in [2.24, 2.45) is 0 Å². The van der Waals surface area contributed by atoms with E-state index in [-0.39, 0.29) is 0 Å². The fourth-order valence-corrected chi connectivity index (χ4v) is 2.81. The van der Waals surface area contributed by atoms with E-state index in [1.165, 1.54) is 12.8 Å². The average Bonchev–Trinajstić information content (AvgIpc) is 3.35. The minimum absolute atomic E-state index is 0.344. The molecule has 1 unspecified atom stereocenters. The van der Waals surface area contributed by atoms with E-state index in [0.29, 0.717) is 19.2 Å². The number of aliphatic hydroxyl groups excluding tert-OH is 1. The molecular formula is C18H23NO2. The van der Waals surface area contributed by atoms with Crippen molar-refractivity contribution in [3.05, 3.63) is 42.5 Å². The van der Waals surface area contributed by atoms with Gasteiger partial charge in [0.25, 0.3) is 0 Å². The highest BCUT2D eigenvalue weighted by Gasteiger charge is 2.29. The Hall–Kier alpha value is -1.58. The Morgan fingerprint density at radius 2 is 1.95 bits per heavy atom. The Kier molecular flexibility index (Phi) is 4.42. The van der Waals surface area contributed by atoms with Gasteiger partial charge in [0.1, 0.15) is 18.5 Å². The van der Waals surface area contributed by atoms with Gasteiger partial charge in [0.05, 0.1) is 0 Å². The lowest BCUT2D eigenvalue weighted by atomic mass is 10.1. The highest BCUT2D eigenvalue weighted by molar-refractivity contribution is 5.88. The third-order valence-electron chi connectivity index (χ3n) is 4.10. The average molecular weight is 285 g/mol. The van der Waals surface area contributed by atoms with Crippen molar-refractivity contribution in [3.8, 4) is 5.75 Å². The quantitative estimate of drug-likeness (QED) is 0.848. The van der Waals surface area contributed by atoms with Gasteiger partial charge in [-0.2, -0.15) is 0 Å². The first-order chi connectivity index (χ1) is 10.3. The monoisotopic (exact) mass is 285 g/mol. The molecule has 1 N–H and O–H groups in total. The van der Waals surface area contributed by atoms with Gasteiger partial charge in [0.15, 0.2) is 0 Å². The Bertz CT molecular complexity index is 589. The van der Waals surface area contributed by atoms with Crippen molar-refractivity contribution in [2.45, 2.75) is 31.9 Å². The van der Waals surface area contributed by atoms with Crippen molar-refractivity contribution in [2.75, 3.05) is 19.7 Å². The number of hydrogen-bond donors (Lipinski definition) is 1. The molecule has 1 saturated carbocycles. The fourth-order valence-electron chi connectivity index (χ4n) is 2.81. The Labute approximate surface area is 126 Å². The van der Waals surface area contributed by atoms with Gasteiger partial charge in [-0.1, -0.05) is 43.3 Å². The highest BCUT2D eigenvalue weighted by Crippen LogP contribution is 2.27. The van der Waals surface area contributed by atoms with Crippen LogP contribution in [0.25, 0.3) is 10.8 Å². The minimum atomic E-state index is -0.440. The molecule has 1 fully saturated rings. The summed E-state index contributed by atoms with van der Waals surface area (Å²) in [4.78, 5) is 2.34. The molecule has 1 aliphatic rings. The van der Waals surface area contributed by atoms with Gasteiger partial charge in [-0.05, 0) is 30.8 Å². The zero-order chi connectivity index (χ0) is 14.7. The molecule has 1 aliphatic carbocycles. The van der Waals surface area contributed by atoms with Crippen LogP contribution in [0.1, 0.15) is 19.8 Å². The molecule has 112 valence electrons. The summed E-state index contributed by atoms with van der Waals surface area (Å²) in [6, 6.07) is 14.9. The van der Waals surface area contributed by atoms with Crippen molar-refractivity contribution in [1.82, 2.24) is 4.90 Å². The maximum Gasteiger partial charge on any atom is 0.127 e. The SMILES string of the molecule is CCN(CC(O)COc1cccc2ccccc12)C1CC1. The number of fused-ring (bicyclic) bond motifs is 1. The van der Waals surface area contributed by atoms with Crippen LogP contribution >= 0.6 is 0 Å². The van der Waals surface area contributed by atoms with Crippen LogP contribution in [0.15, 0.2) is 42.5 Å². The number of likely N-dealkylation sites (N-methyl/N-ethyl adjacent to an activating group) is 1. The van der Waals surface area contributed by atoms with Crippen LogP contribution in [-0.2, 0) is 0 Å². The first-order valence-corrected chi connectivity index (χ1v) is 7.80. The maximum absolute atomic E-state index is 10.2. The molecule has 1 atom stereocenters. The Morgan fingerprint density at radius 3 is 2.71 bits per heavy atom. The Balaban J connectivity index is 1.60. The van der Waals surface area contributed by atoms with E-state index >= 15 is 0 Å². The van der Waals surface area contributed by atoms with E-state index in [9.17, 15) is 5.11 Å². The van der Waals surface area contributed by atoms with Crippen molar-refractivity contribution >= 4 is 10.8 Å². The Morgan fingerprint density at radius 1 is 1.19 bits per heavy atom. The van der Waals surface area contributed by atoms with Crippen LogP contribution < -0.4 is 4.74 Å². The number of rotatable bonds is 7. The number of aliphatic hydroxyl groups is 1. The van der Waals surface area contributed by atoms with E-state index in [0.717, 1.165) is 23.1 Å². The molecule has 0 aromatic heterocycles. The zero-order valence-electron chi connectivity index (χ0n) is 12.5. The molecule has 0 spiro atoms. The lowest BCUT2D eigenvalue weighted by Crippen LogP contribution is -2.36. The second-order valence-corrected chi connectivity index (χ2v) is 5.76.